The van der Waals surface area contributed by atoms with E-state index in [-0.39, 0.29) is 6.61 Å². The van der Waals surface area contributed by atoms with Crippen LogP contribution >= 0.6 is 0 Å². The molecule has 0 aliphatic rings. The Bertz CT molecular complexity index is 298. The van der Waals surface area contributed by atoms with Gasteiger partial charge in [-0.05, 0) is 30.5 Å². The topological polar surface area (TPSA) is 52.5 Å². The van der Waals surface area contributed by atoms with Gasteiger partial charge >= 0.3 is 0 Å². The van der Waals surface area contributed by atoms with E-state index < -0.39 is 6.10 Å². The third-order valence-corrected chi connectivity index (χ3v) is 2.74. The predicted octanol–water partition coefficient (Wildman–Crippen LogP) is 1.12. The maximum Gasteiger partial charge on any atom is 0.0894 e. The minimum absolute atomic E-state index is 0.182. The molecule has 1 unspecified atom stereocenters. The van der Waals surface area contributed by atoms with E-state index in [0.717, 1.165) is 19.4 Å². The molecule has 0 aliphatic heterocycles. The van der Waals surface area contributed by atoms with Crippen molar-refractivity contribution in [3.05, 3.63) is 35.4 Å². The number of aliphatic hydroxyl groups excluding tert-OH is 2. The maximum atomic E-state index is 9.14. The Morgan fingerprint density at radius 1 is 1.12 bits per heavy atom. The van der Waals surface area contributed by atoms with Crippen molar-refractivity contribution in [3.63, 3.8) is 0 Å². The second-order valence-corrected chi connectivity index (χ2v) is 4.36. The van der Waals surface area contributed by atoms with E-state index in [2.05, 4.69) is 36.5 Å². The summed E-state index contributed by atoms with van der Waals surface area (Å²) in [5.74, 6) is 0. The summed E-state index contributed by atoms with van der Waals surface area (Å²) in [5.41, 5.74) is 2.69. The van der Waals surface area contributed by atoms with E-state index in [1.165, 1.54) is 17.5 Å². The first kappa shape index (κ1) is 14.2. The molecule has 0 aromatic heterocycles. The fourth-order valence-electron chi connectivity index (χ4n) is 1.73. The first-order valence-corrected chi connectivity index (χ1v) is 6.33. The smallest absolute Gasteiger partial charge is 0.0894 e. The fraction of sp³-hybridized carbons (Fsp3) is 0.571. The second kappa shape index (κ2) is 8.23. The Morgan fingerprint density at radius 3 is 2.24 bits per heavy atom. The molecule has 1 aromatic rings. The van der Waals surface area contributed by atoms with Crippen LogP contribution in [-0.4, -0.2) is 36.0 Å². The first-order chi connectivity index (χ1) is 8.26. The summed E-state index contributed by atoms with van der Waals surface area (Å²) >= 11 is 0. The summed E-state index contributed by atoms with van der Waals surface area (Å²) in [7, 11) is 0. The van der Waals surface area contributed by atoms with Gasteiger partial charge in [0.25, 0.3) is 0 Å². The van der Waals surface area contributed by atoms with Crippen LogP contribution in [0.2, 0.25) is 0 Å². The molecule has 0 fully saturated rings. The van der Waals surface area contributed by atoms with Gasteiger partial charge in [-0.1, -0.05) is 37.6 Å². The monoisotopic (exact) mass is 237 g/mol. The van der Waals surface area contributed by atoms with Crippen LogP contribution in [0.1, 0.15) is 24.5 Å². The summed E-state index contributed by atoms with van der Waals surface area (Å²) in [5, 5.41) is 20.9. The average Bonchev–Trinajstić information content (AvgIpc) is 2.36. The molecule has 1 rings (SSSR count). The zero-order valence-electron chi connectivity index (χ0n) is 10.5. The molecule has 0 bridgehead atoms. The van der Waals surface area contributed by atoms with Crippen LogP contribution in [0.3, 0.4) is 0 Å². The molecule has 0 aliphatic carbocycles. The molecule has 1 aromatic carbocycles. The van der Waals surface area contributed by atoms with E-state index in [1.807, 2.05) is 0 Å². The SMILES string of the molecule is CCCc1ccc(CCNCC(O)CO)cc1. The van der Waals surface area contributed by atoms with Gasteiger partial charge in [0, 0.05) is 6.54 Å². The molecule has 0 saturated carbocycles. The highest BCUT2D eigenvalue weighted by atomic mass is 16.3. The summed E-state index contributed by atoms with van der Waals surface area (Å²) in [6, 6.07) is 8.69. The van der Waals surface area contributed by atoms with Crippen molar-refractivity contribution in [1.82, 2.24) is 5.32 Å². The Morgan fingerprint density at radius 2 is 1.71 bits per heavy atom. The van der Waals surface area contributed by atoms with Crippen LogP contribution in [0.15, 0.2) is 24.3 Å². The molecule has 1 atom stereocenters. The number of hydrogen-bond donors (Lipinski definition) is 3. The largest absolute Gasteiger partial charge is 0.394 e. The molecular formula is C14H23NO2. The highest BCUT2D eigenvalue weighted by Crippen LogP contribution is 2.06. The molecular weight excluding hydrogens is 214 g/mol. The molecule has 17 heavy (non-hydrogen) atoms. The van der Waals surface area contributed by atoms with Gasteiger partial charge in [-0.15, -0.1) is 0 Å². The van der Waals surface area contributed by atoms with E-state index >= 15 is 0 Å². The van der Waals surface area contributed by atoms with Crippen molar-refractivity contribution in [2.75, 3.05) is 19.7 Å². The highest BCUT2D eigenvalue weighted by molar-refractivity contribution is 5.22. The normalized spacial score (nSPS) is 12.6. The van der Waals surface area contributed by atoms with Crippen molar-refractivity contribution in [2.24, 2.45) is 0 Å². The lowest BCUT2D eigenvalue weighted by Gasteiger charge is -2.09. The number of nitrogens with one attached hydrogen (secondary N) is 1. The molecule has 0 spiro atoms. The van der Waals surface area contributed by atoms with E-state index in [1.54, 1.807) is 0 Å². The van der Waals surface area contributed by atoms with Gasteiger partial charge in [-0.25, -0.2) is 0 Å². The highest BCUT2D eigenvalue weighted by Gasteiger charge is 2.00. The van der Waals surface area contributed by atoms with Gasteiger partial charge in [0.1, 0.15) is 0 Å². The molecule has 0 heterocycles. The van der Waals surface area contributed by atoms with Crippen molar-refractivity contribution in [2.45, 2.75) is 32.3 Å². The van der Waals surface area contributed by atoms with Crippen LogP contribution in [-0.2, 0) is 12.8 Å². The lowest BCUT2D eigenvalue weighted by molar-refractivity contribution is 0.0947. The summed E-state index contributed by atoms with van der Waals surface area (Å²) in [6.07, 6.45) is 2.62. The van der Waals surface area contributed by atoms with Crippen molar-refractivity contribution in [1.29, 1.82) is 0 Å². The van der Waals surface area contributed by atoms with Gasteiger partial charge in [0.15, 0.2) is 0 Å². The number of hydrogen-bond acceptors (Lipinski definition) is 3. The van der Waals surface area contributed by atoms with Crippen LogP contribution in [0.25, 0.3) is 0 Å². The molecule has 96 valence electrons. The van der Waals surface area contributed by atoms with Crippen LogP contribution in [0, 0.1) is 0 Å². The van der Waals surface area contributed by atoms with Gasteiger partial charge in [0.05, 0.1) is 12.7 Å². The quantitative estimate of drug-likeness (QED) is 0.594. The minimum Gasteiger partial charge on any atom is -0.394 e. The van der Waals surface area contributed by atoms with Gasteiger partial charge in [0.2, 0.25) is 0 Å². The fourth-order valence-corrected chi connectivity index (χ4v) is 1.73. The van der Waals surface area contributed by atoms with Gasteiger partial charge in [-0.3, -0.25) is 0 Å². The second-order valence-electron chi connectivity index (χ2n) is 4.36. The standard InChI is InChI=1S/C14H23NO2/c1-2-3-12-4-6-13(7-5-12)8-9-15-10-14(17)11-16/h4-7,14-17H,2-3,8-11H2,1H3. The lowest BCUT2D eigenvalue weighted by atomic mass is 10.1. The van der Waals surface area contributed by atoms with Crippen LogP contribution < -0.4 is 5.32 Å². The number of benzene rings is 1. The Balaban J connectivity index is 2.23. The maximum absolute atomic E-state index is 9.14. The van der Waals surface area contributed by atoms with Gasteiger partial charge in [-0.2, -0.15) is 0 Å². The number of aliphatic hydroxyl groups is 2. The summed E-state index contributed by atoms with van der Waals surface area (Å²) < 4.78 is 0. The van der Waals surface area contributed by atoms with E-state index in [4.69, 9.17) is 10.2 Å². The summed E-state index contributed by atoms with van der Waals surface area (Å²) in [4.78, 5) is 0. The van der Waals surface area contributed by atoms with Crippen molar-refractivity contribution in [3.8, 4) is 0 Å². The number of rotatable bonds is 8. The molecule has 0 saturated heterocycles. The lowest BCUT2D eigenvalue weighted by Crippen LogP contribution is -2.30. The van der Waals surface area contributed by atoms with Crippen molar-refractivity contribution < 1.29 is 10.2 Å². The third-order valence-electron chi connectivity index (χ3n) is 2.74. The number of aryl methyl sites for hydroxylation is 1. The van der Waals surface area contributed by atoms with Crippen molar-refractivity contribution >= 4 is 0 Å². The molecule has 3 N–H and O–H groups in total. The Kier molecular flexibility index (Phi) is 6.86. The zero-order valence-corrected chi connectivity index (χ0v) is 10.5. The average molecular weight is 237 g/mol. The molecule has 0 amide bonds. The Hall–Kier alpha value is -0.900. The van der Waals surface area contributed by atoms with Crippen LogP contribution in [0.5, 0.6) is 0 Å². The third kappa shape index (κ3) is 5.82. The minimum atomic E-state index is -0.651. The van der Waals surface area contributed by atoms with E-state index in [0.29, 0.717) is 6.54 Å². The predicted molar refractivity (Wildman–Crippen MR) is 70.1 cm³/mol. The molecule has 3 nitrogen and oxygen atoms in total. The first-order valence-electron chi connectivity index (χ1n) is 6.33. The molecule has 0 radical (unpaired) electrons. The summed E-state index contributed by atoms with van der Waals surface area (Å²) in [6.45, 7) is 3.28. The zero-order chi connectivity index (χ0) is 12.5. The molecule has 3 heteroatoms. The van der Waals surface area contributed by atoms with E-state index in [9.17, 15) is 0 Å². The van der Waals surface area contributed by atoms with Crippen LogP contribution in [0.4, 0.5) is 0 Å². The van der Waals surface area contributed by atoms with Gasteiger partial charge < -0.3 is 15.5 Å². The Labute approximate surface area is 103 Å².